The number of rotatable bonds is 5. The molecule has 1 amide bonds. The number of carbonyl (C=O) groups is 1. The highest BCUT2D eigenvalue weighted by atomic mass is 79.9. The summed E-state index contributed by atoms with van der Waals surface area (Å²) in [5.41, 5.74) is 4.34. The van der Waals surface area contributed by atoms with E-state index in [-0.39, 0.29) is 5.91 Å². The molecule has 162 valence electrons. The van der Waals surface area contributed by atoms with Gasteiger partial charge in [0, 0.05) is 21.9 Å². The number of benzene rings is 2. The number of amides is 1. The predicted molar refractivity (Wildman–Crippen MR) is 127 cm³/mol. The molecule has 32 heavy (non-hydrogen) atoms. The van der Waals surface area contributed by atoms with Crippen LogP contribution < -0.4 is 10.1 Å². The molecule has 8 heteroatoms. The number of nitrogens with one attached hydrogen (secondary N) is 1. The lowest BCUT2D eigenvalue weighted by atomic mass is 10.2. The molecule has 0 aliphatic carbocycles. The Morgan fingerprint density at radius 3 is 2.38 bits per heavy atom. The van der Waals surface area contributed by atoms with Crippen LogP contribution in [0.4, 0.5) is 5.69 Å². The lowest BCUT2D eigenvalue weighted by Gasteiger charge is -2.10. The van der Waals surface area contributed by atoms with Gasteiger partial charge in [0.25, 0.3) is 5.91 Å². The molecule has 0 fully saturated rings. The number of carbonyl (C=O) groups excluding carboxylic acids is 1. The van der Waals surface area contributed by atoms with E-state index in [0.717, 1.165) is 21.4 Å². The van der Waals surface area contributed by atoms with E-state index < -0.39 is 0 Å². The van der Waals surface area contributed by atoms with E-state index in [2.05, 4.69) is 36.3 Å². The van der Waals surface area contributed by atoms with Crippen molar-refractivity contribution in [1.29, 1.82) is 0 Å². The molecule has 1 N–H and O–H groups in total. The number of aryl methyl sites for hydroxylation is 2. The average molecular weight is 492 g/mol. The van der Waals surface area contributed by atoms with Crippen LogP contribution in [0.2, 0.25) is 0 Å². The van der Waals surface area contributed by atoms with Crippen molar-refractivity contribution in [3.8, 4) is 17.4 Å². The molecule has 0 spiro atoms. The fraction of sp³-hybridized carbons (Fsp3) is 0.167. The fourth-order valence-corrected chi connectivity index (χ4v) is 3.67. The largest absolute Gasteiger partial charge is 0.439 e. The zero-order valence-electron chi connectivity index (χ0n) is 18.2. The van der Waals surface area contributed by atoms with Crippen LogP contribution >= 0.6 is 15.9 Å². The van der Waals surface area contributed by atoms with Gasteiger partial charge in [0.05, 0.1) is 11.3 Å². The summed E-state index contributed by atoms with van der Waals surface area (Å²) >= 11 is 3.40. The second-order valence-corrected chi connectivity index (χ2v) is 8.23. The van der Waals surface area contributed by atoms with Crippen LogP contribution in [0.25, 0.3) is 5.82 Å². The molecular weight excluding hydrogens is 470 g/mol. The maximum absolute atomic E-state index is 12.5. The minimum absolute atomic E-state index is 0.192. The van der Waals surface area contributed by atoms with Gasteiger partial charge >= 0.3 is 0 Å². The normalized spacial score (nSPS) is 10.8. The van der Waals surface area contributed by atoms with Gasteiger partial charge < -0.3 is 10.1 Å². The summed E-state index contributed by atoms with van der Waals surface area (Å²) < 4.78 is 8.49. The smallest absolute Gasteiger partial charge is 0.256 e. The van der Waals surface area contributed by atoms with Crippen molar-refractivity contribution in [3.63, 3.8) is 0 Å². The van der Waals surface area contributed by atoms with Gasteiger partial charge in [-0.2, -0.15) is 10.1 Å². The van der Waals surface area contributed by atoms with Crippen LogP contribution in [0.5, 0.6) is 11.6 Å². The Bertz CT molecular complexity index is 1300. The molecule has 2 aromatic carbocycles. The molecule has 0 unspecified atom stereocenters. The number of halogens is 1. The van der Waals surface area contributed by atoms with Gasteiger partial charge in [-0.15, -0.1) is 0 Å². The van der Waals surface area contributed by atoms with Crippen LogP contribution in [0, 0.1) is 27.7 Å². The van der Waals surface area contributed by atoms with Crippen molar-refractivity contribution < 1.29 is 9.53 Å². The third-order valence-electron chi connectivity index (χ3n) is 5.12. The predicted octanol–water partition coefficient (Wildman–Crippen LogP) is 5.70. The number of hydrogen-bond donors (Lipinski definition) is 1. The molecule has 7 nitrogen and oxygen atoms in total. The van der Waals surface area contributed by atoms with Crippen molar-refractivity contribution in [2.45, 2.75) is 27.7 Å². The van der Waals surface area contributed by atoms with E-state index in [1.54, 1.807) is 41.1 Å². The SMILES string of the molecule is Cc1nc(Oc2ccc(NC(=O)c3ccccc3Br)cc2)cc(-n2nc(C)c(C)c2C)n1. The molecule has 0 saturated carbocycles. The minimum atomic E-state index is -0.192. The molecule has 2 aromatic heterocycles. The van der Waals surface area contributed by atoms with E-state index in [1.165, 1.54) is 0 Å². The summed E-state index contributed by atoms with van der Waals surface area (Å²) in [4.78, 5) is 21.4. The topological polar surface area (TPSA) is 81.9 Å². The van der Waals surface area contributed by atoms with Crippen molar-refractivity contribution in [3.05, 3.63) is 87.4 Å². The summed E-state index contributed by atoms with van der Waals surface area (Å²) in [6, 6.07) is 16.2. The summed E-state index contributed by atoms with van der Waals surface area (Å²) in [7, 11) is 0. The van der Waals surface area contributed by atoms with Gasteiger partial charge in [0.15, 0.2) is 5.82 Å². The Hall–Kier alpha value is -3.52. The molecule has 0 radical (unpaired) electrons. The van der Waals surface area contributed by atoms with E-state index in [9.17, 15) is 4.79 Å². The third-order valence-corrected chi connectivity index (χ3v) is 5.82. The molecular formula is C24H22BrN5O2. The summed E-state index contributed by atoms with van der Waals surface area (Å²) in [6.07, 6.45) is 0. The minimum Gasteiger partial charge on any atom is -0.439 e. The van der Waals surface area contributed by atoms with Crippen LogP contribution in [0.3, 0.4) is 0 Å². The highest BCUT2D eigenvalue weighted by molar-refractivity contribution is 9.10. The first-order valence-electron chi connectivity index (χ1n) is 10.0. The van der Waals surface area contributed by atoms with E-state index in [4.69, 9.17) is 4.74 Å². The first kappa shape index (κ1) is 21.7. The van der Waals surface area contributed by atoms with E-state index >= 15 is 0 Å². The van der Waals surface area contributed by atoms with Crippen LogP contribution in [-0.4, -0.2) is 25.7 Å². The zero-order valence-corrected chi connectivity index (χ0v) is 19.8. The molecule has 0 aliphatic heterocycles. The van der Waals surface area contributed by atoms with Gasteiger partial charge in [-0.3, -0.25) is 4.79 Å². The quantitative estimate of drug-likeness (QED) is 0.386. The highest BCUT2D eigenvalue weighted by Gasteiger charge is 2.13. The molecule has 0 atom stereocenters. The van der Waals surface area contributed by atoms with E-state index in [0.29, 0.717) is 34.5 Å². The lowest BCUT2D eigenvalue weighted by molar-refractivity contribution is 0.102. The maximum atomic E-state index is 12.5. The zero-order chi connectivity index (χ0) is 22.8. The molecule has 0 bridgehead atoms. The monoisotopic (exact) mass is 491 g/mol. The first-order valence-corrected chi connectivity index (χ1v) is 10.8. The third kappa shape index (κ3) is 4.55. The van der Waals surface area contributed by atoms with Crippen LogP contribution in [-0.2, 0) is 0 Å². The summed E-state index contributed by atoms with van der Waals surface area (Å²) in [5.74, 6) is 2.06. The standard InChI is InChI=1S/C24H22BrN5O2/c1-14-15(2)29-30(16(14)3)22-13-23(27-17(4)26-22)32-19-11-9-18(10-12-19)28-24(31)20-7-5-6-8-21(20)25/h5-13H,1-4H3,(H,28,31). The molecule has 4 rings (SSSR count). The molecule has 4 aromatic rings. The van der Waals surface area contributed by atoms with Gasteiger partial charge in [-0.25, -0.2) is 9.67 Å². The van der Waals surface area contributed by atoms with Gasteiger partial charge in [0.2, 0.25) is 5.88 Å². The van der Waals surface area contributed by atoms with Crippen molar-refractivity contribution in [2.75, 3.05) is 5.32 Å². The van der Waals surface area contributed by atoms with Gasteiger partial charge in [-0.1, -0.05) is 12.1 Å². The van der Waals surface area contributed by atoms with Gasteiger partial charge in [-0.05, 0) is 85.6 Å². The number of anilines is 1. The van der Waals surface area contributed by atoms with Crippen molar-refractivity contribution >= 4 is 27.5 Å². The maximum Gasteiger partial charge on any atom is 0.256 e. The van der Waals surface area contributed by atoms with Gasteiger partial charge in [0.1, 0.15) is 11.6 Å². The average Bonchev–Trinajstić information content (AvgIpc) is 3.02. The number of nitrogens with zero attached hydrogens (tertiary/aromatic N) is 4. The Kier molecular flexibility index (Phi) is 6.05. The second-order valence-electron chi connectivity index (χ2n) is 7.38. The molecule has 2 heterocycles. The second kappa shape index (κ2) is 8.92. The Labute approximate surface area is 194 Å². The highest BCUT2D eigenvalue weighted by Crippen LogP contribution is 2.25. The number of aromatic nitrogens is 4. The Morgan fingerprint density at radius 1 is 1.00 bits per heavy atom. The molecule has 0 aliphatic rings. The Balaban J connectivity index is 1.51. The van der Waals surface area contributed by atoms with Crippen LogP contribution in [0.1, 0.15) is 33.1 Å². The fourth-order valence-electron chi connectivity index (χ4n) is 3.20. The van der Waals surface area contributed by atoms with E-state index in [1.807, 2.05) is 45.9 Å². The first-order chi connectivity index (χ1) is 15.3. The summed E-state index contributed by atoms with van der Waals surface area (Å²) in [5, 5.41) is 7.45. The molecule has 0 saturated heterocycles. The van der Waals surface area contributed by atoms with Crippen molar-refractivity contribution in [1.82, 2.24) is 19.7 Å². The summed E-state index contributed by atoms with van der Waals surface area (Å²) in [6.45, 7) is 7.83. The van der Waals surface area contributed by atoms with Crippen LogP contribution in [0.15, 0.2) is 59.1 Å². The lowest BCUT2D eigenvalue weighted by Crippen LogP contribution is -2.12. The number of ether oxygens (including phenoxy) is 1. The Morgan fingerprint density at radius 2 is 1.72 bits per heavy atom. The number of hydrogen-bond acceptors (Lipinski definition) is 5. The van der Waals surface area contributed by atoms with Crippen molar-refractivity contribution in [2.24, 2.45) is 0 Å².